The highest BCUT2D eigenvalue weighted by molar-refractivity contribution is 5.93. The second-order valence-corrected chi connectivity index (χ2v) is 7.16. The Labute approximate surface area is 155 Å². The van der Waals surface area contributed by atoms with Crippen molar-refractivity contribution in [2.45, 2.75) is 33.1 Å². The van der Waals surface area contributed by atoms with Crippen LogP contribution in [0.25, 0.3) is 0 Å². The average molecular weight is 353 g/mol. The van der Waals surface area contributed by atoms with Gasteiger partial charge < -0.3 is 9.80 Å². The summed E-state index contributed by atoms with van der Waals surface area (Å²) >= 11 is 0. The fourth-order valence-corrected chi connectivity index (χ4v) is 3.19. The molecule has 0 aromatic carbocycles. The molecule has 1 saturated heterocycles. The molecule has 0 spiro atoms. The minimum absolute atomic E-state index is 0.0196. The van der Waals surface area contributed by atoms with Crippen LogP contribution in [0.5, 0.6) is 0 Å². The van der Waals surface area contributed by atoms with Gasteiger partial charge in [-0.1, -0.05) is 6.92 Å². The molecule has 6 heteroatoms. The van der Waals surface area contributed by atoms with E-state index in [2.05, 4.69) is 26.8 Å². The molecule has 0 atom stereocenters. The monoisotopic (exact) mass is 353 g/mol. The van der Waals surface area contributed by atoms with Crippen LogP contribution < -0.4 is 4.90 Å². The van der Waals surface area contributed by atoms with Gasteiger partial charge in [0.1, 0.15) is 17.3 Å². The summed E-state index contributed by atoms with van der Waals surface area (Å²) in [5, 5.41) is 0. The van der Waals surface area contributed by atoms with Crippen LogP contribution in [0.15, 0.2) is 30.6 Å². The fraction of sp³-hybridized carbons (Fsp3) is 0.500. The van der Waals surface area contributed by atoms with Crippen LogP contribution in [0.1, 0.15) is 41.6 Å². The molecule has 3 rings (SSSR count). The SMILES string of the molecule is Cc1nc(C(=O)N2CCC(C)CC2)cc(N(C)CCc2ccncc2)n1. The highest BCUT2D eigenvalue weighted by Gasteiger charge is 2.23. The minimum atomic E-state index is 0.0196. The number of aryl methyl sites for hydroxylation is 1. The number of likely N-dealkylation sites (N-methyl/N-ethyl adjacent to an activating group) is 1. The quantitative estimate of drug-likeness (QED) is 0.827. The molecule has 0 saturated carbocycles. The van der Waals surface area contributed by atoms with Gasteiger partial charge in [-0.2, -0.15) is 0 Å². The van der Waals surface area contributed by atoms with Crippen molar-refractivity contribution in [1.82, 2.24) is 19.9 Å². The second kappa shape index (κ2) is 8.25. The molecule has 2 aromatic heterocycles. The van der Waals surface area contributed by atoms with E-state index in [0.717, 1.165) is 44.7 Å². The molecule has 2 aromatic rings. The first-order valence-corrected chi connectivity index (χ1v) is 9.28. The molecule has 0 N–H and O–H groups in total. The molecule has 26 heavy (non-hydrogen) atoms. The van der Waals surface area contributed by atoms with Crippen molar-refractivity contribution in [3.63, 3.8) is 0 Å². The number of hydrogen-bond acceptors (Lipinski definition) is 5. The number of rotatable bonds is 5. The van der Waals surface area contributed by atoms with Crippen LogP contribution in [0.4, 0.5) is 5.82 Å². The van der Waals surface area contributed by atoms with Crippen LogP contribution in [0.3, 0.4) is 0 Å². The number of aromatic nitrogens is 3. The lowest BCUT2D eigenvalue weighted by Gasteiger charge is -2.30. The van der Waals surface area contributed by atoms with E-state index in [0.29, 0.717) is 17.4 Å². The zero-order chi connectivity index (χ0) is 18.5. The van der Waals surface area contributed by atoms with Gasteiger partial charge in [-0.25, -0.2) is 9.97 Å². The lowest BCUT2D eigenvalue weighted by molar-refractivity contribution is 0.0691. The van der Waals surface area contributed by atoms with Gasteiger partial charge in [0.25, 0.3) is 5.91 Å². The van der Waals surface area contributed by atoms with Crippen molar-refractivity contribution >= 4 is 11.7 Å². The predicted molar refractivity (Wildman–Crippen MR) is 102 cm³/mol. The van der Waals surface area contributed by atoms with Gasteiger partial charge in [-0.15, -0.1) is 0 Å². The van der Waals surface area contributed by atoms with Gasteiger partial charge >= 0.3 is 0 Å². The number of anilines is 1. The van der Waals surface area contributed by atoms with Gasteiger partial charge in [0.15, 0.2) is 0 Å². The molecule has 3 heterocycles. The van der Waals surface area contributed by atoms with Gasteiger partial charge in [0, 0.05) is 45.1 Å². The first-order valence-electron chi connectivity index (χ1n) is 9.28. The molecule has 0 unspecified atom stereocenters. The average Bonchev–Trinajstić information content (AvgIpc) is 2.66. The molecular formula is C20H27N5O. The Balaban J connectivity index is 1.69. The summed E-state index contributed by atoms with van der Waals surface area (Å²) in [6.07, 6.45) is 6.64. The Morgan fingerprint density at radius 3 is 2.62 bits per heavy atom. The van der Waals surface area contributed by atoms with E-state index in [1.807, 2.05) is 37.1 Å². The number of carbonyl (C=O) groups is 1. The fourth-order valence-electron chi connectivity index (χ4n) is 3.19. The topological polar surface area (TPSA) is 62.2 Å². The molecule has 0 aliphatic carbocycles. The summed E-state index contributed by atoms with van der Waals surface area (Å²) in [6.45, 7) is 6.53. The maximum absolute atomic E-state index is 12.8. The Bertz CT molecular complexity index is 741. The summed E-state index contributed by atoms with van der Waals surface area (Å²) in [4.78, 5) is 29.8. The van der Waals surface area contributed by atoms with E-state index in [1.54, 1.807) is 12.4 Å². The summed E-state index contributed by atoms with van der Waals surface area (Å²) in [5.74, 6) is 2.14. The van der Waals surface area contributed by atoms with Crippen molar-refractivity contribution in [3.8, 4) is 0 Å². The first kappa shape index (κ1) is 18.3. The van der Waals surface area contributed by atoms with Gasteiger partial charge in [-0.3, -0.25) is 9.78 Å². The van der Waals surface area contributed by atoms with Crippen molar-refractivity contribution < 1.29 is 4.79 Å². The van der Waals surface area contributed by atoms with E-state index in [1.165, 1.54) is 5.56 Å². The van der Waals surface area contributed by atoms with Crippen molar-refractivity contribution in [3.05, 3.63) is 47.7 Å². The molecule has 1 amide bonds. The number of likely N-dealkylation sites (tertiary alicyclic amines) is 1. The number of pyridine rings is 1. The van der Waals surface area contributed by atoms with Gasteiger partial charge in [-0.05, 0) is 49.8 Å². The maximum atomic E-state index is 12.8. The summed E-state index contributed by atoms with van der Waals surface area (Å²) in [5.41, 5.74) is 1.73. The highest BCUT2D eigenvalue weighted by atomic mass is 16.2. The van der Waals surface area contributed by atoms with Crippen LogP contribution in [-0.4, -0.2) is 52.4 Å². The zero-order valence-electron chi connectivity index (χ0n) is 15.9. The highest BCUT2D eigenvalue weighted by Crippen LogP contribution is 2.19. The third-order valence-electron chi connectivity index (χ3n) is 4.99. The Morgan fingerprint density at radius 2 is 1.92 bits per heavy atom. The van der Waals surface area contributed by atoms with E-state index < -0.39 is 0 Å². The summed E-state index contributed by atoms with van der Waals surface area (Å²) in [6, 6.07) is 5.86. The number of piperidine rings is 1. The summed E-state index contributed by atoms with van der Waals surface area (Å²) < 4.78 is 0. The molecule has 1 aliphatic heterocycles. The normalized spacial score (nSPS) is 15.1. The molecule has 6 nitrogen and oxygen atoms in total. The lowest BCUT2D eigenvalue weighted by atomic mass is 9.99. The molecule has 1 fully saturated rings. The van der Waals surface area contributed by atoms with E-state index >= 15 is 0 Å². The predicted octanol–water partition coefficient (Wildman–Crippen LogP) is 2.73. The standard InChI is InChI=1S/C20H27N5O/c1-15-6-12-25(13-7-15)20(26)18-14-19(23-16(2)22-18)24(3)11-8-17-4-9-21-10-5-17/h4-5,9-10,14-15H,6-8,11-13H2,1-3H3. The van der Waals surface area contributed by atoms with E-state index in [9.17, 15) is 4.79 Å². The maximum Gasteiger partial charge on any atom is 0.272 e. The first-order chi connectivity index (χ1) is 12.5. The number of amides is 1. The number of hydrogen-bond donors (Lipinski definition) is 0. The Hall–Kier alpha value is -2.50. The van der Waals surface area contributed by atoms with Crippen LogP contribution >= 0.6 is 0 Å². The molecule has 138 valence electrons. The van der Waals surface area contributed by atoms with Crippen LogP contribution in [0.2, 0.25) is 0 Å². The number of carbonyl (C=O) groups excluding carboxylic acids is 1. The molecule has 1 aliphatic rings. The lowest BCUT2D eigenvalue weighted by Crippen LogP contribution is -2.38. The van der Waals surface area contributed by atoms with Crippen molar-refractivity contribution in [1.29, 1.82) is 0 Å². The largest absolute Gasteiger partial charge is 0.359 e. The zero-order valence-corrected chi connectivity index (χ0v) is 15.9. The Morgan fingerprint density at radius 1 is 1.23 bits per heavy atom. The molecule has 0 radical (unpaired) electrons. The van der Waals surface area contributed by atoms with E-state index in [-0.39, 0.29) is 5.91 Å². The van der Waals surface area contributed by atoms with Gasteiger partial charge in [0.05, 0.1) is 0 Å². The smallest absolute Gasteiger partial charge is 0.272 e. The van der Waals surface area contributed by atoms with Crippen LogP contribution in [-0.2, 0) is 6.42 Å². The van der Waals surface area contributed by atoms with Crippen LogP contribution in [0, 0.1) is 12.8 Å². The van der Waals surface area contributed by atoms with Crippen molar-refractivity contribution in [2.75, 3.05) is 31.6 Å². The molecule has 0 bridgehead atoms. The van der Waals surface area contributed by atoms with Gasteiger partial charge in [0.2, 0.25) is 0 Å². The number of nitrogens with zero attached hydrogens (tertiary/aromatic N) is 5. The summed E-state index contributed by atoms with van der Waals surface area (Å²) in [7, 11) is 2.00. The third-order valence-corrected chi connectivity index (χ3v) is 4.99. The van der Waals surface area contributed by atoms with Crippen molar-refractivity contribution in [2.24, 2.45) is 5.92 Å². The molecular weight excluding hydrogens is 326 g/mol. The second-order valence-electron chi connectivity index (χ2n) is 7.16. The Kier molecular flexibility index (Phi) is 5.81. The minimum Gasteiger partial charge on any atom is -0.359 e. The third kappa shape index (κ3) is 4.56. The van der Waals surface area contributed by atoms with E-state index in [4.69, 9.17) is 0 Å².